The van der Waals surface area contributed by atoms with E-state index >= 15 is 0 Å². The third kappa shape index (κ3) is 3.74. The van der Waals surface area contributed by atoms with Crippen LogP contribution in [0.25, 0.3) is 10.6 Å². The van der Waals surface area contributed by atoms with E-state index in [1.807, 2.05) is 31.3 Å². The van der Waals surface area contributed by atoms with Gasteiger partial charge in [0.1, 0.15) is 5.01 Å². The van der Waals surface area contributed by atoms with Gasteiger partial charge in [-0.25, -0.2) is 4.98 Å². The number of aromatic nitrogens is 3. The zero-order valence-electron chi connectivity index (χ0n) is 11.0. The van der Waals surface area contributed by atoms with Crippen LogP contribution in [0.5, 0.6) is 0 Å². The van der Waals surface area contributed by atoms with Crippen LogP contribution < -0.4 is 5.32 Å². The Balaban J connectivity index is 1.66. The molecule has 1 N–H and O–H groups in total. The molecule has 3 aromatic rings. The number of rotatable bonds is 5. The normalized spacial score (nSPS) is 10.8. The predicted molar refractivity (Wildman–Crippen MR) is 91.6 cm³/mol. The lowest BCUT2D eigenvalue weighted by Crippen LogP contribution is -1.84. The third-order valence-electron chi connectivity index (χ3n) is 2.61. The summed E-state index contributed by atoms with van der Waals surface area (Å²) in [6.45, 7) is 0. The minimum Gasteiger partial charge on any atom is -0.363 e. The average molecular weight is 355 g/mol. The molecule has 0 atom stereocenters. The number of hydrogen-bond acceptors (Lipinski definition) is 7. The molecule has 3 rings (SSSR count). The number of thiazole rings is 1. The first-order valence-electron chi connectivity index (χ1n) is 6.09. The number of anilines is 1. The van der Waals surface area contributed by atoms with Crippen LogP contribution in [-0.2, 0) is 5.75 Å². The summed E-state index contributed by atoms with van der Waals surface area (Å²) >= 11 is 10.7. The fraction of sp³-hybridized carbons (Fsp3) is 0.154. The van der Waals surface area contributed by atoms with Gasteiger partial charge < -0.3 is 5.32 Å². The topological polar surface area (TPSA) is 50.7 Å². The van der Waals surface area contributed by atoms with Gasteiger partial charge in [-0.3, -0.25) is 0 Å². The van der Waals surface area contributed by atoms with Gasteiger partial charge in [-0.1, -0.05) is 46.8 Å². The zero-order valence-corrected chi connectivity index (χ0v) is 14.2. The molecule has 0 aliphatic carbocycles. The highest BCUT2D eigenvalue weighted by Gasteiger charge is 2.08. The van der Waals surface area contributed by atoms with E-state index < -0.39 is 0 Å². The van der Waals surface area contributed by atoms with E-state index in [4.69, 9.17) is 11.6 Å². The first-order valence-corrected chi connectivity index (χ1v) is 9.15. The maximum Gasteiger partial charge on any atom is 0.206 e. The second-order valence-corrected chi connectivity index (χ2v) is 7.56. The van der Waals surface area contributed by atoms with Crippen LogP contribution in [0, 0.1) is 0 Å². The molecular weight excluding hydrogens is 344 g/mol. The van der Waals surface area contributed by atoms with Gasteiger partial charge in [-0.2, -0.15) is 0 Å². The summed E-state index contributed by atoms with van der Waals surface area (Å²) in [6.07, 6.45) is 0. The monoisotopic (exact) mass is 354 g/mol. The van der Waals surface area contributed by atoms with Crippen molar-refractivity contribution in [2.75, 3.05) is 12.4 Å². The summed E-state index contributed by atoms with van der Waals surface area (Å²) in [5, 5.41) is 15.8. The van der Waals surface area contributed by atoms with E-state index in [9.17, 15) is 0 Å². The molecule has 0 saturated heterocycles. The Kier molecular flexibility index (Phi) is 4.74. The zero-order chi connectivity index (χ0) is 14.7. The molecule has 4 nitrogen and oxygen atoms in total. The third-order valence-corrected chi connectivity index (χ3v) is 5.91. The lowest BCUT2D eigenvalue weighted by Gasteiger charge is -1.96. The predicted octanol–water partition coefficient (Wildman–Crippen LogP) is 4.65. The molecule has 0 saturated carbocycles. The van der Waals surface area contributed by atoms with Crippen molar-refractivity contribution in [3.05, 3.63) is 40.4 Å². The van der Waals surface area contributed by atoms with Gasteiger partial charge in [0.2, 0.25) is 5.13 Å². The Bertz CT molecular complexity index is 723. The molecule has 2 aromatic heterocycles. The van der Waals surface area contributed by atoms with Crippen LogP contribution in [0.3, 0.4) is 0 Å². The highest BCUT2D eigenvalue weighted by molar-refractivity contribution is 8.00. The van der Waals surface area contributed by atoms with Crippen molar-refractivity contribution in [2.45, 2.75) is 10.1 Å². The van der Waals surface area contributed by atoms with Crippen LogP contribution in [0.1, 0.15) is 5.69 Å². The SMILES string of the molecule is CNc1nnc(SCc2csc(-c3ccc(Cl)cc3)n2)s1. The second-order valence-electron chi connectivity index (χ2n) is 4.06. The molecule has 0 fully saturated rings. The fourth-order valence-electron chi connectivity index (χ4n) is 1.60. The van der Waals surface area contributed by atoms with Crippen molar-refractivity contribution in [1.82, 2.24) is 15.2 Å². The first kappa shape index (κ1) is 14.8. The molecule has 2 heterocycles. The van der Waals surface area contributed by atoms with Gasteiger partial charge in [-0.05, 0) is 12.1 Å². The molecule has 0 aliphatic heterocycles. The molecular formula is C13H11ClN4S3. The molecule has 0 bridgehead atoms. The minimum atomic E-state index is 0.739. The highest BCUT2D eigenvalue weighted by Crippen LogP contribution is 2.30. The van der Waals surface area contributed by atoms with Gasteiger partial charge in [0.25, 0.3) is 0 Å². The molecule has 0 radical (unpaired) electrons. The number of benzene rings is 1. The summed E-state index contributed by atoms with van der Waals surface area (Å²) in [7, 11) is 1.84. The summed E-state index contributed by atoms with van der Waals surface area (Å²) < 4.78 is 0.945. The van der Waals surface area contributed by atoms with Gasteiger partial charge in [-0.15, -0.1) is 21.5 Å². The molecule has 0 amide bonds. The lowest BCUT2D eigenvalue weighted by molar-refractivity contribution is 1.01. The van der Waals surface area contributed by atoms with Gasteiger partial charge in [0.05, 0.1) is 5.69 Å². The Hall–Kier alpha value is -1.15. The first-order chi connectivity index (χ1) is 10.2. The smallest absolute Gasteiger partial charge is 0.206 e. The standard InChI is InChI=1S/C13H11ClN4S3/c1-15-12-17-18-13(21-12)20-7-10-6-19-11(16-10)8-2-4-9(14)5-3-8/h2-6H,7H2,1H3,(H,15,17). The van der Waals surface area contributed by atoms with Crippen LogP contribution in [0.4, 0.5) is 5.13 Å². The van der Waals surface area contributed by atoms with Crippen molar-refractivity contribution in [1.29, 1.82) is 0 Å². The van der Waals surface area contributed by atoms with E-state index in [1.54, 1.807) is 34.4 Å². The summed E-state index contributed by atoms with van der Waals surface area (Å²) in [6, 6.07) is 7.74. The van der Waals surface area contributed by atoms with Crippen LogP contribution >= 0.6 is 46.0 Å². The highest BCUT2D eigenvalue weighted by atomic mass is 35.5. The Morgan fingerprint density at radius 3 is 2.76 bits per heavy atom. The van der Waals surface area contributed by atoms with Crippen LogP contribution in [0.15, 0.2) is 34.0 Å². The summed E-state index contributed by atoms with van der Waals surface area (Å²) in [5.74, 6) is 0.794. The molecule has 1 aromatic carbocycles. The van der Waals surface area contributed by atoms with Crippen molar-refractivity contribution < 1.29 is 0 Å². The molecule has 0 aliphatic rings. The van der Waals surface area contributed by atoms with Crippen LogP contribution in [0.2, 0.25) is 5.02 Å². The Morgan fingerprint density at radius 1 is 1.24 bits per heavy atom. The number of halogens is 1. The molecule has 0 unspecified atom stereocenters. The summed E-state index contributed by atoms with van der Waals surface area (Å²) in [4.78, 5) is 4.65. The number of hydrogen-bond donors (Lipinski definition) is 1. The van der Waals surface area contributed by atoms with E-state index in [0.29, 0.717) is 0 Å². The largest absolute Gasteiger partial charge is 0.363 e. The molecule has 108 valence electrons. The van der Waals surface area contributed by atoms with Crippen molar-refractivity contribution in [2.24, 2.45) is 0 Å². The van der Waals surface area contributed by atoms with Crippen molar-refractivity contribution in [3.8, 4) is 10.6 Å². The average Bonchev–Trinajstić information content (AvgIpc) is 3.15. The van der Waals surface area contributed by atoms with Gasteiger partial charge in [0.15, 0.2) is 4.34 Å². The van der Waals surface area contributed by atoms with E-state index in [1.165, 1.54) is 0 Å². The Morgan fingerprint density at radius 2 is 2.05 bits per heavy atom. The molecule has 21 heavy (non-hydrogen) atoms. The number of nitrogens with one attached hydrogen (secondary N) is 1. The summed E-state index contributed by atoms with van der Waals surface area (Å²) in [5.41, 5.74) is 2.14. The quantitative estimate of drug-likeness (QED) is 0.676. The minimum absolute atomic E-state index is 0.739. The maximum absolute atomic E-state index is 5.90. The van der Waals surface area contributed by atoms with Crippen LogP contribution in [-0.4, -0.2) is 22.2 Å². The van der Waals surface area contributed by atoms with E-state index in [2.05, 4.69) is 25.9 Å². The molecule has 8 heteroatoms. The lowest BCUT2D eigenvalue weighted by atomic mass is 10.2. The van der Waals surface area contributed by atoms with Gasteiger partial charge in [0, 0.05) is 28.8 Å². The Labute approximate surface area is 139 Å². The number of nitrogens with zero attached hydrogens (tertiary/aromatic N) is 3. The second kappa shape index (κ2) is 6.74. The van der Waals surface area contributed by atoms with Crippen molar-refractivity contribution >= 4 is 51.2 Å². The van der Waals surface area contributed by atoms with Crippen molar-refractivity contribution in [3.63, 3.8) is 0 Å². The van der Waals surface area contributed by atoms with Gasteiger partial charge >= 0.3 is 0 Å². The maximum atomic E-state index is 5.90. The molecule has 0 spiro atoms. The number of thioether (sulfide) groups is 1. The fourth-order valence-corrected chi connectivity index (χ4v) is 4.26. The van der Waals surface area contributed by atoms with E-state index in [0.717, 1.165) is 36.5 Å². The van der Waals surface area contributed by atoms with E-state index in [-0.39, 0.29) is 0 Å².